The molecule has 0 unspecified atom stereocenters. The van der Waals surface area contributed by atoms with Crippen LogP contribution in [0.15, 0.2) is 32.0 Å². The van der Waals surface area contributed by atoms with Gasteiger partial charge in [0.05, 0.1) is 4.90 Å². The zero-order chi connectivity index (χ0) is 15.5. The number of sulfonamides is 1. The van der Waals surface area contributed by atoms with Crippen LogP contribution in [0.25, 0.3) is 0 Å². The number of carboxylic acid groups (broad SMARTS) is 1. The van der Waals surface area contributed by atoms with Crippen molar-refractivity contribution < 1.29 is 18.3 Å². The summed E-state index contributed by atoms with van der Waals surface area (Å²) in [5.74, 6) is -1.16. The minimum absolute atomic E-state index is 0.0232. The van der Waals surface area contributed by atoms with Crippen molar-refractivity contribution in [2.75, 3.05) is 13.1 Å². The molecule has 8 heteroatoms. The summed E-state index contributed by atoms with van der Waals surface area (Å²) < 4.78 is 27.2. The van der Waals surface area contributed by atoms with Crippen molar-refractivity contribution in [3.63, 3.8) is 0 Å². The number of rotatable bonds is 6. The molecule has 5 nitrogen and oxygen atoms in total. The summed E-state index contributed by atoms with van der Waals surface area (Å²) in [6.45, 7) is 3.26. The predicted octanol–water partition coefficient (Wildman–Crippen LogP) is 2.94. The molecule has 0 fully saturated rings. The minimum Gasteiger partial charge on any atom is -0.480 e. The van der Waals surface area contributed by atoms with Crippen molar-refractivity contribution in [2.45, 2.75) is 18.7 Å². The maximum Gasteiger partial charge on any atom is 0.318 e. The summed E-state index contributed by atoms with van der Waals surface area (Å²) in [4.78, 5) is 10.9. The van der Waals surface area contributed by atoms with Gasteiger partial charge in [0, 0.05) is 15.5 Å². The topological polar surface area (TPSA) is 74.7 Å². The monoisotopic (exact) mass is 427 g/mol. The van der Waals surface area contributed by atoms with Crippen molar-refractivity contribution in [1.82, 2.24) is 4.31 Å². The summed E-state index contributed by atoms with van der Waals surface area (Å²) in [6.07, 6.45) is 0. The van der Waals surface area contributed by atoms with Crippen LogP contribution >= 0.6 is 31.9 Å². The first-order valence-corrected chi connectivity index (χ1v) is 8.84. The molecule has 0 atom stereocenters. The van der Waals surface area contributed by atoms with Crippen LogP contribution in [0.2, 0.25) is 0 Å². The highest BCUT2D eigenvalue weighted by atomic mass is 79.9. The van der Waals surface area contributed by atoms with Gasteiger partial charge >= 0.3 is 5.97 Å². The molecule has 1 aromatic carbocycles. The van der Waals surface area contributed by atoms with Crippen molar-refractivity contribution in [3.05, 3.63) is 27.1 Å². The van der Waals surface area contributed by atoms with Gasteiger partial charge in [-0.3, -0.25) is 4.79 Å². The summed E-state index contributed by atoms with van der Waals surface area (Å²) in [5, 5.41) is 8.90. The Morgan fingerprint density at radius 1 is 1.35 bits per heavy atom. The summed E-state index contributed by atoms with van der Waals surface area (Å²) in [6, 6.07) is 4.76. The van der Waals surface area contributed by atoms with Gasteiger partial charge in [-0.15, -0.1) is 0 Å². The Hall–Kier alpha value is -0.440. The smallest absolute Gasteiger partial charge is 0.318 e. The molecule has 1 N–H and O–H groups in total. The molecule has 0 aliphatic heterocycles. The Labute approximate surface area is 135 Å². The van der Waals surface area contributed by atoms with Gasteiger partial charge in [-0.2, -0.15) is 4.31 Å². The van der Waals surface area contributed by atoms with Crippen LogP contribution in [0.5, 0.6) is 0 Å². The van der Waals surface area contributed by atoms with Crippen LogP contribution in [-0.4, -0.2) is 36.9 Å². The molecule has 112 valence electrons. The fourth-order valence-electron chi connectivity index (χ4n) is 1.62. The Kier molecular flexibility index (Phi) is 6.18. The Balaban J connectivity index is 3.28. The highest BCUT2D eigenvalue weighted by Gasteiger charge is 2.29. The second-order valence-corrected chi connectivity index (χ2v) is 8.34. The molecule has 0 aromatic heterocycles. The molecule has 0 saturated heterocycles. The lowest BCUT2D eigenvalue weighted by Crippen LogP contribution is -2.38. The van der Waals surface area contributed by atoms with Gasteiger partial charge in [0.1, 0.15) is 6.54 Å². The quantitative estimate of drug-likeness (QED) is 0.755. The Bertz CT molecular complexity index is 601. The van der Waals surface area contributed by atoms with E-state index in [1.54, 1.807) is 12.1 Å². The van der Waals surface area contributed by atoms with Crippen LogP contribution in [0.3, 0.4) is 0 Å². The van der Waals surface area contributed by atoms with E-state index in [4.69, 9.17) is 5.11 Å². The minimum atomic E-state index is -3.87. The first-order chi connectivity index (χ1) is 9.14. The van der Waals surface area contributed by atoms with Crippen LogP contribution in [-0.2, 0) is 14.8 Å². The number of carbonyl (C=O) groups is 1. The molecule has 0 amide bonds. The number of nitrogens with zero attached hydrogens (tertiary/aromatic N) is 1. The van der Waals surface area contributed by atoms with Crippen molar-refractivity contribution in [3.8, 4) is 0 Å². The molecule has 0 aliphatic carbocycles. The fraction of sp³-hybridized carbons (Fsp3) is 0.417. The number of benzene rings is 1. The lowest BCUT2D eigenvalue weighted by Gasteiger charge is -2.22. The standard InChI is InChI=1S/C12H15Br2NO4S/c1-8(2)6-15(7-12(16)17)20(18,19)11-5-9(13)3-4-10(11)14/h3-5,8H,6-7H2,1-2H3,(H,16,17). The fourth-order valence-corrected chi connectivity index (χ4v) is 4.64. The Morgan fingerprint density at radius 3 is 2.45 bits per heavy atom. The van der Waals surface area contributed by atoms with E-state index in [0.29, 0.717) is 8.95 Å². The maximum absolute atomic E-state index is 12.6. The number of carboxylic acids is 1. The number of aliphatic carboxylic acids is 1. The van der Waals surface area contributed by atoms with Gasteiger partial charge in [0.25, 0.3) is 0 Å². The van der Waals surface area contributed by atoms with Crippen LogP contribution in [0.1, 0.15) is 13.8 Å². The molecular weight excluding hydrogens is 414 g/mol. The van der Waals surface area contributed by atoms with E-state index in [9.17, 15) is 13.2 Å². The summed E-state index contributed by atoms with van der Waals surface area (Å²) >= 11 is 6.41. The van der Waals surface area contributed by atoms with Crippen LogP contribution in [0, 0.1) is 5.92 Å². The third-order valence-corrected chi connectivity index (χ3v) is 5.69. The van der Waals surface area contributed by atoms with Gasteiger partial charge in [0.2, 0.25) is 10.0 Å². The third kappa shape index (κ3) is 4.54. The molecule has 20 heavy (non-hydrogen) atoms. The lowest BCUT2D eigenvalue weighted by molar-refractivity contribution is -0.137. The van der Waals surface area contributed by atoms with Crippen LogP contribution in [0.4, 0.5) is 0 Å². The van der Waals surface area contributed by atoms with Crippen molar-refractivity contribution in [2.24, 2.45) is 5.92 Å². The molecule has 0 aliphatic rings. The molecule has 1 rings (SSSR count). The number of hydrogen-bond acceptors (Lipinski definition) is 3. The van der Waals surface area contributed by atoms with Crippen LogP contribution < -0.4 is 0 Å². The second-order valence-electron chi connectivity index (χ2n) is 4.66. The van der Waals surface area contributed by atoms with Gasteiger partial charge in [-0.05, 0) is 40.0 Å². The zero-order valence-corrected chi connectivity index (χ0v) is 15.0. The normalized spacial score (nSPS) is 12.1. The average Bonchev–Trinajstić information content (AvgIpc) is 2.30. The number of hydrogen-bond donors (Lipinski definition) is 1. The highest BCUT2D eigenvalue weighted by molar-refractivity contribution is 9.11. The van der Waals surface area contributed by atoms with E-state index in [1.807, 2.05) is 13.8 Å². The maximum atomic E-state index is 12.6. The summed E-state index contributed by atoms with van der Waals surface area (Å²) in [7, 11) is -3.87. The molecule has 1 aromatic rings. The van der Waals surface area contributed by atoms with Crippen molar-refractivity contribution in [1.29, 1.82) is 0 Å². The second kappa shape index (κ2) is 7.02. The SMILES string of the molecule is CC(C)CN(CC(=O)O)S(=O)(=O)c1cc(Br)ccc1Br. The Morgan fingerprint density at radius 2 is 1.95 bits per heavy atom. The summed E-state index contributed by atoms with van der Waals surface area (Å²) in [5.41, 5.74) is 0. The molecular formula is C12H15Br2NO4S. The van der Waals surface area contributed by atoms with E-state index < -0.39 is 22.5 Å². The van der Waals surface area contributed by atoms with E-state index in [2.05, 4.69) is 31.9 Å². The highest BCUT2D eigenvalue weighted by Crippen LogP contribution is 2.28. The average molecular weight is 429 g/mol. The van der Waals surface area contributed by atoms with Gasteiger partial charge in [0.15, 0.2) is 0 Å². The molecule has 0 heterocycles. The molecule has 0 saturated carbocycles. The largest absolute Gasteiger partial charge is 0.480 e. The lowest BCUT2D eigenvalue weighted by atomic mass is 10.2. The predicted molar refractivity (Wildman–Crippen MR) is 83.1 cm³/mol. The molecule has 0 bridgehead atoms. The molecule has 0 spiro atoms. The van der Waals surface area contributed by atoms with Gasteiger partial charge < -0.3 is 5.11 Å². The van der Waals surface area contributed by atoms with Gasteiger partial charge in [-0.25, -0.2) is 8.42 Å². The third-order valence-electron chi connectivity index (χ3n) is 2.39. The number of halogens is 2. The van der Waals surface area contributed by atoms with Gasteiger partial charge in [-0.1, -0.05) is 29.8 Å². The zero-order valence-electron chi connectivity index (χ0n) is 11.0. The van der Waals surface area contributed by atoms with E-state index in [1.165, 1.54) is 6.07 Å². The van der Waals surface area contributed by atoms with Crippen molar-refractivity contribution >= 4 is 47.9 Å². The van der Waals surface area contributed by atoms with E-state index in [0.717, 1.165) is 4.31 Å². The van der Waals surface area contributed by atoms with E-state index in [-0.39, 0.29) is 17.4 Å². The first kappa shape index (κ1) is 17.6. The van der Waals surface area contributed by atoms with E-state index >= 15 is 0 Å². The first-order valence-electron chi connectivity index (χ1n) is 5.81. The molecule has 0 radical (unpaired) electrons.